The number of morpholine rings is 1. The van der Waals surface area contributed by atoms with Gasteiger partial charge in [0.05, 0.1) is 20.3 Å². The zero-order chi connectivity index (χ0) is 14.8. The second-order valence-corrected chi connectivity index (χ2v) is 5.05. The highest BCUT2D eigenvalue weighted by molar-refractivity contribution is 5.83. The van der Waals surface area contributed by atoms with E-state index in [9.17, 15) is 4.79 Å². The van der Waals surface area contributed by atoms with Gasteiger partial charge in [0.2, 0.25) is 11.8 Å². The molecular weight excluding hydrogens is 272 g/mol. The number of hydrogen-bond donors (Lipinski definition) is 0. The number of oxazole rings is 1. The van der Waals surface area contributed by atoms with E-state index < -0.39 is 5.92 Å². The average Bonchev–Trinajstić information content (AvgIpc) is 2.97. The van der Waals surface area contributed by atoms with Crippen LogP contribution in [0.25, 0.3) is 11.1 Å². The van der Waals surface area contributed by atoms with E-state index in [1.54, 1.807) is 24.1 Å². The van der Waals surface area contributed by atoms with Gasteiger partial charge in [-0.25, -0.2) is 4.98 Å². The summed E-state index contributed by atoms with van der Waals surface area (Å²) in [4.78, 5) is 18.7. The lowest BCUT2D eigenvalue weighted by atomic mass is 10.1. The second kappa shape index (κ2) is 5.73. The maximum Gasteiger partial charge on any atom is 0.234 e. The summed E-state index contributed by atoms with van der Waals surface area (Å²) in [5.41, 5.74) is 1.36. The average molecular weight is 290 g/mol. The van der Waals surface area contributed by atoms with Gasteiger partial charge in [0.1, 0.15) is 17.2 Å². The molecule has 6 nitrogen and oxygen atoms in total. The molecule has 1 aromatic carbocycles. The van der Waals surface area contributed by atoms with Crippen LogP contribution in [0.1, 0.15) is 18.7 Å². The van der Waals surface area contributed by atoms with E-state index in [0.717, 1.165) is 5.75 Å². The highest BCUT2D eigenvalue weighted by Gasteiger charge is 2.27. The molecule has 0 saturated carbocycles. The molecule has 1 aliphatic heterocycles. The lowest BCUT2D eigenvalue weighted by Crippen LogP contribution is -2.42. The molecule has 1 amide bonds. The molecule has 0 aliphatic carbocycles. The van der Waals surface area contributed by atoms with Gasteiger partial charge in [0, 0.05) is 19.2 Å². The lowest BCUT2D eigenvalue weighted by molar-refractivity contribution is -0.136. The fraction of sp³-hybridized carbons (Fsp3) is 0.467. The molecule has 21 heavy (non-hydrogen) atoms. The number of aromatic nitrogens is 1. The van der Waals surface area contributed by atoms with Crippen LogP contribution in [-0.2, 0) is 9.53 Å². The number of carbonyl (C=O) groups is 1. The van der Waals surface area contributed by atoms with Gasteiger partial charge in [-0.15, -0.1) is 0 Å². The molecule has 1 aliphatic rings. The van der Waals surface area contributed by atoms with Crippen molar-refractivity contribution in [2.45, 2.75) is 12.8 Å². The molecule has 3 rings (SSSR count). The Hall–Kier alpha value is -2.08. The number of carbonyl (C=O) groups excluding carboxylic acids is 1. The molecule has 0 spiro atoms. The van der Waals surface area contributed by atoms with Crippen LogP contribution in [0.3, 0.4) is 0 Å². The molecule has 0 radical (unpaired) electrons. The molecular formula is C15H18N2O4. The number of hydrogen-bond acceptors (Lipinski definition) is 5. The first-order valence-corrected chi connectivity index (χ1v) is 7.00. The summed E-state index contributed by atoms with van der Waals surface area (Å²) in [5, 5.41) is 0. The summed E-state index contributed by atoms with van der Waals surface area (Å²) < 4.78 is 16.1. The number of fused-ring (bicyclic) bond motifs is 1. The number of nitrogens with zero attached hydrogens (tertiary/aromatic N) is 2. The molecule has 1 saturated heterocycles. The normalized spacial score (nSPS) is 17.0. The van der Waals surface area contributed by atoms with E-state index in [0.29, 0.717) is 43.3 Å². The van der Waals surface area contributed by atoms with Crippen LogP contribution in [0.15, 0.2) is 22.6 Å². The van der Waals surface area contributed by atoms with Crippen LogP contribution in [-0.4, -0.2) is 49.2 Å². The molecule has 6 heteroatoms. The number of rotatable bonds is 3. The Morgan fingerprint density at radius 3 is 2.86 bits per heavy atom. The number of ether oxygens (including phenoxy) is 2. The monoisotopic (exact) mass is 290 g/mol. The first kappa shape index (κ1) is 13.9. The van der Waals surface area contributed by atoms with Crippen LogP contribution >= 0.6 is 0 Å². The minimum Gasteiger partial charge on any atom is -0.497 e. The van der Waals surface area contributed by atoms with Crippen molar-refractivity contribution in [3.63, 3.8) is 0 Å². The zero-order valence-corrected chi connectivity index (χ0v) is 12.2. The Kier molecular flexibility index (Phi) is 3.79. The lowest BCUT2D eigenvalue weighted by Gasteiger charge is -2.28. The molecule has 0 bridgehead atoms. The van der Waals surface area contributed by atoms with Crippen LogP contribution in [0.5, 0.6) is 5.75 Å². The largest absolute Gasteiger partial charge is 0.497 e. The summed E-state index contributed by atoms with van der Waals surface area (Å²) in [6, 6.07) is 5.41. The Bertz CT molecular complexity index is 646. The first-order valence-electron chi connectivity index (χ1n) is 7.00. The Labute approximate surface area is 122 Å². The number of benzene rings is 1. The maximum atomic E-state index is 12.4. The summed E-state index contributed by atoms with van der Waals surface area (Å²) in [5.74, 6) is 0.780. The molecule has 2 heterocycles. The van der Waals surface area contributed by atoms with Crippen molar-refractivity contribution in [1.29, 1.82) is 0 Å². The molecule has 0 N–H and O–H groups in total. The van der Waals surface area contributed by atoms with Gasteiger partial charge in [-0.2, -0.15) is 0 Å². The van der Waals surface area contributed by atoms with Crippen molar-refractivity contribution >= 4 is 17.0 Å². The topological polar surface area (TPSA) is 64.8 Å². The van der Waals surface area contributed by atoms with Gasteiger partial charge in [-0.3, -0.25) is 4.79 Å². The Morgan fingerprint density at radius 1 is 1.38 bits per heavy atom. The van der Waals surface area contributed by atoms with E-state index in [2.05, 4.69) is 4.98 Å². The van der Waals surface area contributed by atoms with Gasteiger partial charge in [0.25, 0.3) is 0 Å². The van der Waals surface area contributed by atoms with E-state index >= 15 is 0 Å². The maximum absolute atomic E-state index is 12.4. The Balaban J connectivity index is 1.83. The fourth-order valence-corrected chi connectivity index (χ4v) is 2.40. The molecule has 1 aromatic heterocycles. The summed E-state index contributed by atoms with van der Waals surface area (Å²) in [6.07, 6.45) is 0. The van der Waals surface area contributed by atoms with E-state index in [4.69, 9.17) is 13.9 Å². The van der Waals surface area contributed by atoms with E-state index in [1.807, 2.05) is 13.0 Å². The number of methoxy groups -OCH3 is 1. The quantitative estimate of drug-likeness (QED) is 0.862. The van der Waals surface area contributed by atoms with Crippen LogP contribution in [0.4, 0.5) is 0 Å². The van der Waals surface area contributed by atoms with Crippen molar-refractivity contribution in [1.82, 2.24) is 9.88 Å². The standard InChI is InChI=1S/C15H18N2O4/c1-10(15(18)17-5-7-20-8-6-17)14-16-12-9-11(19-2)3-4-13(12)21-14/h3-4,9-10H,5-8H2,1-2H3. The van der Waals surface area contributed by atoms with Crippen molar-refractivity contribution in [3.8, 4) is 5.75 Å². The van der Waals surface area contributed by atoms with Crippen molar-refractivity contribution in [2.75, 3.05) is 33.4 Å². The second-order valence-electron chi connectivity index (χ2n) is 5.05. The highest BCUT2D eigenvalue weighted by Crippen LogP contribution is 2.26. The molecule has 112 valence electrons. The van der Waals surface area contributed by atoms with Gasteiger partial charge in [-0.1, -0.05) is 0 Å². The molecule has 1 atom stereocenters. The van der Waals surface area contributed by atoms with Crippen molar-refractivity contribution in [2.24, 2.45) is 0 Å². The molecule has 2 aromatic rings. The van der Waals surface area contributed by atoms with Crippen LogP contribution in [0.2, 0.25) is 0 Å². The summed E-state index contributed by atoms with van der Waals surface area (Å²) in [7, 11) is 1.60. The predicted octanol–water partition coefficient (Wildman–Crippen LogP) is 1.80. The van der Waals surface area contributed by atoms with Crippen molar-refractivity contribution in [3.05, 3.63) is 24.1 Å². The highest BCUT2D eigenvalue weighted by atomic mass is 16.5. The van der Waals surface area contributed by atoms with Crippen LogP contribution < -0.4 is 4.74 Å². The van der Waals surface area contributed by atoms with Gasteiger partial charge in [-0.05, 0) is 19.1 Å². The third-order valence-corrected chi connectivity index (χ3v) is 3.67. The number of amides is 1. The zero-order valence-electron chi connectivity index (χ0n) is 12.2. The van der Waals surface area contributed by atoms with E-state index in [-0.39, 0.29) is 5.91 Å². The van der Waals surface area contributed by atoms with E-state index in [1.165, 1.54) is 0 Å². The van der Waals surface area contributed by atoms with Crippen LogP contribution in [0, 0.1) is 0 Å². The fourth-order valence-electron chi connectivity index (χ4n) is 2.40. The van der Waals surface area contributed by atoms with Crippen molar-refractivity contribution < 1.29 is 18.7 Å². The third-order valence-electron chi connectivity index (χ3n) is 3.67. The minimum atomic E-state index is -0.401. The minimum absolute atomic E-state index is 0.0248. The predicted molar refractivity (Wildman–Crippen MR) is 76.4 cm³/mol. The SMILES string of the molecule is COc1ccc2oc(C(C)C(=O)N3CCOCC3)nc2c1. The molecule has 1 fully saturated rings. The summed E-state index contributed by atoms with van der Waals surface area (Å²) in [6.45, 7) is 4.24. The van der Waals surface area contributed by atoms with Gasteiger partial charge < -0.3 is 18.8 Å². The summed E-state index contributed by atoms with van der Waals surface area (Å²) >= 11 is 0. The first-order chi connectivity index (χ1) is 10.2. The molecule has 1 unspecified atom stereocenters. The van der Waals surface area contributed by atoms with Gasteiger partial charge in [0.15, 0.2) is 5.58 Å². The Morgan fingerprint density at radius 2 is 2.14 bits per heavy atom. The third kappa shape index (κ3) is 2.71. The van der Waals surface area contributed by atoms with Gasteiger partial charge >= 0.3 is 0 Å². The smallest absolute Gasteiger partial charge is 0.234 e.